The highest BCUT2D eigenvalue weighted by Gasteiger charge is 2.19. The summed E-state index contributed by atoms with van der Waals surface area (Å²) in [5, 5.41) is 0. The number of hydrogen-bond acceptors (Lipinski definition) is 3. The first-order valence-corrected chi connectivity index (χ1v) is 6.35. The van der Waals surface area contributed by atoms with E-state index in [1.54, 1.807) is 0 Å². The van der Waals surface area contributed by atoms with Crippen molar-refractivity contribution in [3.05, 3.63) is 35.6 Å². The number of nitrogens with zero attached hydrogens (tertiary/aromatic N) is 1. The molecule has 0 saturated carbocycles. The fourth-order valence-corrected chi connectivity index (χ4v) is 2.13. The van der Waals surface area contributed by atoms with Crippen LogP contribution in [0.4, 0.5) is 4.39 Å². The van der Waals surface area contributed by atoms with Gasteiger partial charge in [0.1, 0.15) is 5.82 Å². The minimum atomic E-state index is -3.34. The second-order valence-corrected chi connectivity index (χ2v) is 5.95. The summed E-state index contributed by atoms with van der Waals surface area (Å²) in [4.78, 5) is 0. The summed E-state index contributed by atoms with van der Waals surface area (Å²) in [6.45, 7) is 0. The lowest BCUT2D eigenvalue weighted by atomic mass is 10.1. The van der Waals surface area contributed by atoms with Crippen LogP contribution in [0.1, 0.15) is 11.6 Å². The Morgan fingerprint density at radius 3 is 2.25 bits per heavy atom. The van der Waals surface area contributed by atoms with Crippen LogP contribution in [0.15, 0.2) is 24.3 Å². The summed E-state index contributed by atoms with van der Waals surface area (Å²) in [6, 6.07) is 4.86. The molecule has 2 N–H and O–H groups in total. The molecule has 16 heavy (non-hydrogen) atoms. The average molecular weight is 246 g/mol. The van der Waals surface area contributed by atoms with Gasteiger partial charge >= 0.3 is 0 Å². The van der Waals surface area contributed by atoms with E-state index in [4.69, 9.17) is 5.73 Å². The third kappa shape index (κ3) is 3.26. The van der Waals surface area contributed by atoms with Gasteiger partial charge in [0.25, 0.3) is 0 Å². The Kier molecular flexibility index (Phi) is 4.01. The zero-order valence-corrected chi connectivity index (χ0v) is 10.0. The molecule has 0 heterocycles. The predicted molar refractivity (Wildman–Crippen MR) is 60.8 cm³/mol. The summed E-state index contributed by atoms with van der Waals surface area (Å²) in [7, 11) is -0.439. The summed E-state index contributed by atoms with van der Waals surface area (Å²) >= 11 is 0. The van der Waals surface area contributed by atoms with Crippen molar-refractivity contribution in [1.82, 2.24) is 4.31 Å². The molecule has 0 aromatic heterocycles. The highest BCUT2D eigenvalue weighted by molar-refractivity contribution is 7.89. The summed E-state index contributed by atoms with van der Waals surface area (Å²) in [6.07, 6.45) is 0. The molecule has 6 heteroatoms. The summed E-state index contributed by atoms with van der Waals surface area (Å²) in [5.41, 5.74) is 6.34. The number of sulfonamides is 1. The van der Waals surface area contributed by atoms with Crippen molar-refractivity contribution in [3.8, 4) is 0 Å². The minimum absolute atomic E-state index is 0.189. The molecule has 0 aliphatic carbocycles. The molecule has 0 aliphatic heterocycles. The van der Waals surface area contributed by atoms with Gasteiger partial charge in [-0.25, -0.2) is 17.1 Å². The van der Waals surface area contributed by atoms with Crippen molar-refractivity contribution in [1.29, 1.82) is 0 Å². The van der Waals surface area contributed by atoms with Crippen molar-refractivity contribution in [2.45, 2.75) is 6.04 Å². The molecule has 4 nitrogen and oxygen atoms in total. The Bertz CT molecular complexity index is 442. The number of rotatable bonds is 4. The van der Waals surface area contributed by atoms with Crippen LogP contribution in [0.5, 0.6) is 0 Å². The van der Waals surface area contributed by atoms with Gasteiger partial charge in [0, 0.05) is 20.1 Å². The molecule has 1 aromatic carbocycles. The standard InChI is InChI=1S/C10H15FN2O2S/c1-13(2)16(14,15)7-10(12)8-3-5-9(11)6-4-8/h3-6,10H,7,12H2,1-2H3. The van der Waals surface area contributed by atoms with Crippen molar-refractivity contribution in [3.63, 3.8) is 0 Å². The fraction of sp³-hybridized carbons (Fsp3) is 0.400. The number of nitrogens with two attached hydrogens (primary N) is 1. The topological polar surface area (TPSA) is 63.4 Å². The Labute approximate surface area is 94.9 Å². The van der Waals surface area contributed by atoms with Crippen molar-refractivity contribution in [2.75, 3.05) is 19.8 Å². The Balaban J connectivity index is 2.81. The van der Waals surface area contributed by atoms with Crippen LogP contribution in [-0.4, -0.2) is 32.6 Å². The molecule has 1 unspecified atom stereocenters. The highest BCUT2D eigenvalue weighted by atomic mass is 32.2. The van der Waals surface area contributed by atoms with E-state index in [1.807, 2.05) is 0 Å². The van der Waals surface area contributed by atoms with Gasteiger partial charge in [0.05, 0.1) is 5.75 Å². The molecular weight excluding hydrogens is 231 g/mol. The Morgan fingerprint density at radius 2 is 1.81 bits per heavy atom. The van der Waals surface area contributed by atoms with Gasteiger partial charge in [-0.3, -0.25) is 0 Å². The van der Waals surface area contributed by atoms with Crippen LogP contribution >= 0.6 is 0 Å². The maximum atomic E-state index is 12.6. The Hall–Kier alpha value is -0.980. The van der Waals surface area contributed by atoms with E-state index in [9.17, 15) is 12.8 Å². The zero-order chi connectivity index (χ0) is 12.3. The maximum Gasteiger partial charge on any atom is 0.215 e. The van der Waals surface area contributed by atoms with Gasteiger partial charge in [0.2, 0.25) is 10.0 Å². The molecule has 0 amide bonds. The molecule has 0 aliphatic rings. The second-order valence-electron chi connectivity index (χ2n) is 3.72. The van der Waals surface area contributed by atoms with E-state index in [-0.39, 0.29) is 11.6 Å². The second kappa shape index (κ2) is 4.90. The predicted octanol–water partition coefficient (Wildman–Crippen LogP) is 0.717. The SMILES string of the molecule is CN(C)S(=O)(=O)CC(N)c1ccc(F)cc1. The highest BCUT2D eigenvalue weighted by Crippen LogP contribution is 2.14. The quantitative estimate of drug-likeness (QED) is 0.851. The van der Waals surface area contributed by atoms with Crippen molar-refractivity contribution < 1.29 is 12.8 Å². The molecule has 0 saturated heterocycles. The van der Waals surface area contributed by atoms with E-state index in [1.165, 1.54) is 38.4 Å². The molecule has 90 valence electrons. The summed E-state index contributed by atoms with van der Waals surface area (Å²) < 4.78 is 36.9. The first kappa shape index (κ1) is 13.1. The van der Waals surface area contributed by atoms with Gasteiger partial charge in [0.15, 0.2) is 0 Å². The smallest absolute Gasteiger partial charge is 0.215 e. The van der Waals surface area contributed by atoms with Gasteiger partial charge < -0.3 is 5.73 Å². The average Bonchev–Trinajstić information content (AvgIpc) is 2.17. The molecule has 0 bridgehead atoms. The number of hydrogen-bond donors (Lipinski definition) is 1. The molecule has 1 rings (SSSR count). The molecule has 0 radical (unpaired) electrons. The van der Waals surface area contributed by atoms with Crippen LogP contribution in [0.25, 0.3) is 0 Å². The third-order valence-electron chi connectivity index (χ3n) is 2.24. The monoisotopic (exact) mass is 246 g/mol. The van der Waals surface area contributed by atoms with E-state index >= 15 is 0 Å². The van der Waals surface area contributed by atoms with Crippen LogP contribution < -0.4 is 5.73 Å². The van der Waals surface area contributed by atoms with Crippen LogP contribution in [0.2, 0.25) is 0 Å². The lowest BCUT2D eigenvalue weighted by Gasteiger charge is -2.16. The van der Waals surface area contributed by atoms with Gasteiger partial charge in [-0.1, -0.05) is 12.1 Å². The van der Waals surface area contributed by atoms with E-state index in [2.05, 4.69) is 0 Å². The van der Waals surface area contributed by atoms with E-state index in [0.717, 1.165) is 4.31 Å². The van der Waals surface area contributed by atoms with Crippen LogP contribution in [0, 0.1) is 5.82 Å². The fourth-order valence-electron chi connectivity index (χ4n) is 1.18. The van der Waals surface area contributed by atoms with Crippen LogP contribution in [-0.2, 0) is 10.0 Å². The molecule has 0 spiro atoms. The van der Waals surface area contributed by atoms with E-state index < -0.39 is 16.1 Å². The molecule has 1 atom stereocenters. The molecular formula is C10H15FN2O2S. The molecule has 1 aromatic rings. The third-order valence-corrected chi connectivity index (χ3v) is 4.14. The first-order valence-electron chi connectivity index (χ1n) is 4.74. The first-order chi connectivity index (χ1) is 7.33. The lowest BCUT2D eigenvalue weighted by molar-refractivity contribution is 0.515. The van der Waals surface area contributed by atoms with Crippen molar-refractivity contribution in [2.24, 2.45) is 5.73 Å². The minimum Gasteiger partial charge on any atom is -0.323 e. The van der Waals surface area contributed by atoms with Crippen LogP contribution in [0.3, 0.4) is 0 Å². The number of halogens is 1. The lowest BCUT2D eigenvalue weighted by Crippen LogP contribution is -2.31. The Morgan fingerprint density at radius 1 is 1.31 bits per heavy atom. The maximum absolute atomic E-state index is 12.6. The van der Waals surface area contributed by atoms with Gasteiger partial charge in [-0.2, -0.15) is 0 Å². The zero-order valence-electron chi connectivity index (χ0n) is 9.22. The van der Waals surface area contributed by atoms with Crippen molar-refractivity contribution >= 4 is 10.0 Å². The van der Waals surface area contributed by atoms with E-state index in [0.29, 0.717) is 5.56 Å². The summed E-state index contributed by atoms with van der Waals surface area (Å²) in [5.74, 6) is -0.558. The normalized spacial score (nSPS) is 14.1. The van der Waals surface area contributed by atoms with Gasteiger partial charge in [-0.05, 0) is 17.7 Å². The van der Waals surface area contributed by atoms with Gasteiger partial charge in [-0.15, -0.1) is 0 Å². The number of benzene rings is 1. The largest absolute Gasteiger partial charge is 0.323 e. The molecule has 0 fully saturated rings.